The SMILES string of the molecule is CC[C@H]1OC(=O)[C@H](C)[C@@H](O[C@H]2C[C@@](C)(OC)C(C(=O)NCCNCc3ccnc4ccccc34)[C@H](C)O2)[C@H](C)[C@@H](O[C@@H]2O[C@H](C)C[C@H](N(C)C)[C@H]2O)[C@](C)(O)C[C@@H](C)[C@@H]2OC1(C)C(=O)[C@H]2C. The standard InChI is InChI=1S/C50H78N4O12/c1-14-37-50(10)43(56)29(4)41(66-50)27(2)24-48(8,59)44(65-47-40(55)36(54(11)12)23-28(3)61-47)30(5)42(31(6)46(58)63-37)64-38-25-49(9,60-13)39(32(7)62-38)45(57)53-22-21-51-26-33-19-20-52-35-18-16-15-17-34(33)35/h15-20,27-32,36-42,44,47,51,55,59H,14,21-26H2,1-13H3,(H,53,57)/t27-,28-,29+,30+,31-,32+,36+,37-,38+,39?,40-,41+,42+,44-,47+,48-,49-,50?/m1/s1. The third-order valence-electron chi connectivity index (χ3n) is 15.1. The molecule has 66 heavy (non-hydrogen) atoms. The Morgan fingerprint density at radius 3 is 2.36 bits per heavy atom. The average Bonchev–Trinajstić information content (AvgIpc) is 3.50. The molecule has 2 unspecified atom stereocenters. The maximum Gasteiger partial charge on any atom is 0.311 e. The van der Waals surface area contributed by atoms with Crippen LogP contribution in [-0.2, 0) is 54.1 Å². The summed E-state index contributed by atoms with van der Waals surface area (Å²) in [5, 5.41) is 32.0. The minimum Gasteiger partial charge on any atom is -0.459 e. The summed E-state index contributed by atoms with van der Waals surface area (Å²) in [7, 11) is 5.33. The normalized spacial score (nSPS) is 41.5. The van der Waals surface area contributed by atoms with E-state index in [4.69, 9.17) is 33.2 Å². The zero-order chi connectivity index (χ0) is 48.5. The van der Waals surface area contributed by atoms with Gasteiger partial charge in [-0.15, -0.1) is 0 Å². The summed E-state index contributed by atoms with van der Waals surface area (Å²) in [6.45, 7) is 19.6. The van der Waals surface area contributed by atoms with Gasteiger partial charge in [0, 0.05) is 62.6 Å². The number of hydrogen-bond acceptors (Lipinski definition) is 15. The Kier molecular flexibility index (Phi) is 16.8. The summed E-state index contributed by atoms with van der Waals surface area (Å²) in [5.74, 6) is -4.41. The lowest BCUT2D eigenvalue weighted by Gasteiger charge is -2.49. The van der Waals surface area contributed by atoms with Crippen molar-refractivity contribution >= 4 is 28.6 Å². The molecule has 1 aromatic carbocycles. The first kappa shape index (κ1) is 52.2. The molecule has 6 rings (SSSR count). The molecule has 1 amide bonds. The molecular weight excluding hydrogens is 849 g/mol. The quantitative estimate of drug-likeness (QED) is 0.161. The van der Waals surface area contributed by atoms with Crippen molar-refractivity contribution in [1.29, 1.82) is 0 Å². The van der Waals surface area contributed by atoms with E-state index >= 15 is 0 Å². The van der Waals surface area contributed by atoms with Crippen LogP contribution in [0.3, 0.4) is 0 Å². The number of benzene rings is 1. The fraction of sp³-hybridized carbons (Fsp3) is 0.760. The number of carbonyl (C=O) groups excluding carboxylic acids is 3. The van der Waals surface area contributed by atoms with Crippen LogP contribution in [0.5, 0.6) is 0 Å². The number of nitrogens with one attached hydrogen (secondary N) is 2. The van der Waals surface area contributed by atoms with Crippen LogP contribution in [0.15, 0.2) is 36.5 Å². The van der Waals surface area contributed by atoms with E-state index in [1.54, 1.807) is 41.0 Å². The topological polar surface area (TPSA) is 196 Å². The molecule has 4 N–H and O–H groups in total. The van der Waals surface area contributed by atoms with Crippen LogP contribution in [0.1, 0.15) is 100 Å². The highest BCUT2D eigenvalue weighted by molar-refractivity contribution is 5.92. The molecule has 0 saturated carbocycles. The van der Waals surface area contributed by atoms with Gasteiger partial charge in [-0.2, -0.15) is 0 Å². The summed E-state index contributed by atoms with van der Waals surface area (Å²) in [4.78, 5) is 48.9. The third-order valence-corrected chi connectivity index (χ3v) is 15.1. The van der Waals surface area contributed by atoms with Crippen LogP contribution in [-0.4, -0.2) is 150 Å². The predicted molar refractivity (Wildman–Crippen MR) is 247 cm³/mol. The monoisotopic (exact) mass is 927 g/mol. The second-order valence-corrected chi connectivity index (χ2v) is 20.5. The van der Waals surface area contributed by atoms with E-state index < -0.39 is 95.6 Å². The molecule has 0 spiro atoms. The minimum atomic E-state index is -1.64. The fourth-order valence-electron chi connectivity index (χ4n) is 11.4. The molecule has 4 saturated heterocycles. The number of nitrogens with zero attached hydrogens (tertiary/aromatic N) is 2. The molecule has 18 atom stereocenters. The number of cyclic esters (lactones) is 1. The minimum absolute atomic E-state index is 0.118. The maximum absolute atomic E-state index is 14.5. The molecule has 16 heteroatoms. The number of para-hydroxylation sites is 1. The lowest BCUT2D eigenvalue weighted by atomic mass is 9.75. The number of fused-ring (bicyclic) bond motifs is 3. The Morgan fingerprint density at radius 1 is 0.970 bits per heavy atom. The number of rotatable bonds is 13. The van der Waals surface area contributed by atoms with E-state index in [0.717, 1.165) is 16.5 Å². The molecule has 4 aliphatic heterocycles. The zero-order valence-corrected chi connectivity index (χ0v) is 41.4. The zero-order valence-electron chi connectivity index (χ0n) is 41.4. The number of amides is 1. The van der Waals surface area contributed by atoms with Crippen molar-refractivity contribution in [2.24, 2.45) is 29.6 Å². The van der Waals surface area contributed by atoms with Crippen LogP contribution in [0.4, 0.5) is 0 Å². The Balaban J connectivity index is 1.25. The second kappa shape index (κ2) is 21.2. The van der Waals surface area contributed by atoms with Gasteiger partial charge in [-0.05, 0) is 98.5 Å². The highest BCUT2D eigenvalue weighted by atomic mass is 16.7. The molecule has 4 aliphatic rings. The fourth-order valence-corrected chi connectivity index (χ4v) is 11.4. The van der Waals surface area contributed by atoms with Gasteiger partial charge in [0.15, 0.2) is 24.0 Å². The Labute approximate surface area is 391 Å². The van der Waals surface area contributed by atoms with Gasteiger partial charge < -0.3 is 58.9 Å². The molecule has 2 bridgehead atoms. The van der Waals surface area contributed by atoms with E-state index in [1.165, 1.54) is 0 Å². The van der Waals surface area contributed by atoms with Crippen molar-refractivity contribution in [2.45, 2.75) is 180 Å². The van der Waals surface area contributed by atoms with E-state index in [9.17, 15) is 24.6 Å². The first-order valence-electron chi connectivity index (χ1n) is 24.0. The number of esters is 1. The van der Waals surface area contributed by atoms with Gasteiger partial charge in [-0.25, -0.2) is 0 Å². The smallest absolute Gasteiger partial charge is 0.311 e. The summed E-state index contributed by atoms with van der Waals surface area (Å²) < 4.78 is 45.6. The van der Waals surface area contributed by atoms with Crippen molar-refractivity contribution in [1.82, 2.24) is 20.5 Å². The highest BCUT2D eigenvalue weighted by Gasteiger charge is 2.59. The number of aromatic nitrogens is 1. The lowest BCUT2D eigenvalue weighted by molar-refractivity contribution is -0.313. The van der Waals surface area contributed by atoms with Crippen LogP contribution >= 0.6 is 0 Å². The van der Waals surface area contributed by atoms with Crippen LogP contribution in [0.2, 0.25) is 0 Å². The van der Waals surface area contributed by atoms with Crippen molar-refractivity contribution < 1.29 is 57.8 Å². The van der Waals surface area contributed by atoms with Crippen LogP contribution in [0, 0.1) is 29.6 Å². The average molecular weight is 927 g/mol. The Hall–Kier alpha value is -3.16. The Bertz CT molecular complexity index is 1980. The number of ether oxygens (including phenoxy) is 7. The number of ketones is 1. The van der Waals surface area contributed by atoms with Gasteiger partial charge >= 0.3 is 5.97 Å². The summed E-state index contributed by atoms with van der Waals surface area (Å²) in [6.07, 6.45) is -4.85. The highest BCUT2D eigenvalue weighted by Crippen LogP contribution is 2.45. The molecule has 4 fully saturated rings. The largest absolute Gasteiger partial charge is 0.459 e. The molecule has 0 aliphatic carbocycles. The summed E-state index contributed by atoms with van der Waals surface area (Å²) in [6, 6.07) is 9.67. The van der Waals surface area contributed by atoms with Crippen molar-refractivity contribution in [3.63, 3.8) is 0 Å². The maximum atomic E-state index is 14.5. The van der Waals surface area contributed by atoms with E-state index in [1.807, 2.05) is 90.9 Å². The third kappa shape index (κ3) is 10.8. The van der Waals surface area contributed by atoms with E-state index in [-0.39, 0.29) is 42.6 Å². The van der Waals surface area contributed by atoms with Gasteiger partial charge in [0.05, 0.1) is 59.1 Å². The second-order valence-electron chi connectivity index (χ2n) is 20.5. The molecular formula is C50H78N4O12. The van der Waals surface area contributed by atoms with E-state index in [2.05, 4.69) is 15.6 Å². The van der Waals surface area contributed by atoms with Crippen molar-refractivity contribution in [2.75, 3.05) is 34.3 Å². The first-order chi connectivity index (χ1) is 31.1. The van der Waals surface area contributed by atoms with Crippen LogP contribution in [0.25, 0.3) is 10.9 Å². The van der Waals surface area contributed by atoms with Crippen molar-refractivity contribution in [3.05, 3.63) is 42.1 Å². The van der Waals surface area contributed by atoms with E-state index in [0.29, 0.717) is 32.5 Å². The Morgan fingerprint density at radius 2 is 1.68 bits per heavy atom. The molecule has 16 nitrogen and oxygen atoms in total. The summed E-state index contributed by atoms with van der Waals surface area (Å²) in [5.41, 5.74) is -2.08. The van der Waals surface area contributed by atoms with Gasteiger partial charge in [0.25, 0.3) is 0 Å². The number of hydrogen-bond donors (Lipinski definition) is 4. The van der Waals surface area contributed by atoms with Gasteiger partial charge in [-0.3, -0.25) is 19.4 Å². The number of aliphatic hydroxyl groups is 2. The van der Waals surface area contributed by atoms with Crippen LogP contribution < -0.4 is 10.6 Å². The molecule has 0 radical (unpaired) electrons. The molecule has 370 valence electrons. The lowest BCUT2D eigenvalue weighted by Crippen LogP contribution is -2.61. The van der Waals surface area contributed by atoms with Gasteiger partial charge in [0.2, 0.25) is 5.91 Å². The van der Waals surface area contributed by atoms with Crippen molar-refractivity contribution in [3.8, 4) is 0 Å². The molecule has 2 aromatic rings. The van der Waals surface area contributed by atoms with Gasteiger partial charge in [0.1, 0.15) is 12.2 Å². The number of Topliss-reactive ketones (excluding diaryl/α,β-unsaturated/α-hetero) is 1. The number of carbonyl (C=O) groups is 3. The first-order valence-corrected chi connectivity index (χ1v) is 24.0. The molecule has 5 heterocycles. The summed E-state index contributed by atoms with van der Waals surface area (Å²) >= 11 is 0. The molecule has 1 aromatic heterocycles. The van der Waals surface area contributed by atoms with Gasteiger partial charge in [-0.1, -0.05) is 45.9 Å². The number of aliphatic hydroxyl groups excluding tert-OH is 1. The number of pyridine rings is 1. The predicted octanol–water partition coefficient (Wildman–Crippen LogP) is 4.54. The number of likely N-dealkylation sites (N-methyl/N-ethyl adjacent to an activating group) is 1. The number of methoxy groups -OCH3 is 1.